The van der Waals surface area contributed by atoms with E-state index in [1.165, 1.54) is 12.4 Å². The van der Waals surface area contributed by atoms with Crippen LogP contribution in [0.5, 0.6) is 0 Å². The van der Waals surface area contributed by atoms with E-state index in [4.69, 9.17) is 0 Å². The van der Waals surface area contributed by atoms with Gasteiger partial charge in [0.15, 0.2) is 0 Å². The average molecular weight is 280 g/mol. The molecule has 0 aliphatic carbocycles. The molecule has 0 fully saturated rings. The smallest absolute Gasteiger partial charge is 0.330 e. The Kier molecular flexibility index (Phi) is 3.84. The van der Waals surface area contributed by atoms with Gasteiger partial charge in [0.1, 0.15) is 0 Å². The molecule has 0 saturated carbocycles. The number of aromatic nitrogens is 4. The Bertz CT molecular complexity index is 565. The first-order chi connectivity index (χ1) is 9.54. The van der Waals surface area contributed by atoms with E-state index in [9.17, 15) is 9.59 Å². The summed E-state index contributed by atoms with van der Waals surface area (Å²) in [7, 11) is 0. The van der Waals surface area contributed by atoms with Gasteiger partial charge in [-0.05, 0) is 13.8 Å². The largest absolute Gasteiger partial charge is 0.443 e. The van der Waals surface area contributed by atoms with Crippen molar-refractivity contribution in [1.82, 2.24) is 19.9 Å². The Morgan fingerprint density at radius 1 is 0.950 bits per heavy atom. The Labute approximate surface area is 112 Å². The molecule has 2 rings (SSSR count). The molecule has 0 bridgehead atoms. The molecule has 0 aliphatic rings. The Balaban J connectivity index is 1.76. The lowest BCUT2D eigenvalue weighted by Crippen LogP contribution is -2.25. The van der Waals surface area contributed by atoms with Crippen LogP contribution in [0, 0.1) is 13.8 Å². The van der Waals surface area contributed by atoms with Gasteiger partial charge in [0.05, 0.1) is 0 Å². The summed E-state index contributed by atoms with van der Waals surface area (Å²) >= 11 is 0. The van der Waals surface area contributed by atoms with Gasteiger partial charge < -0.3 is 19.6 Å². The molecular weight excluding hydrogens is 268 g/mol. The number of nitrogens with one attached hydrogen (secondary N) is 4. The fraction of sp³-hybridized carbons (Fsp3) is 0.200. The zero-order chi connectivity index (χ0) is 14.5. The summed E-state index contributed by atoms with van der Waals surface area (Å²) in [4.78, 5) is 44.6. The summed E-state index contributed by atoms with van der Waals surface area (Å²) in [5.74, 6) is -2.10. The normalized spacial score (nSPS) is 9.90. The second-order valence-electron chi connectivity index (χ2n) is 3.81. The number of hydrogen-bond acceptors (Lipinski definition) is 8. The Hall–Kier alpha value is -3.04. The van der Waals surface area contributed by atoms with E-state index in [0.29, 0.717) is 0 Å². The van der Waals surface area contributed by atoms with E-state index in [1.807, 2.05) is 0 Å². The van der Waals surface area contributed by atoms with E-state index in [-0.39, 0.29) is 11.9 Å². The number of rotatable bonds is 4. The van der Waals surface area contributed by atoms with E-state index in [2.05, 4.69) is 40.6 Å². The van der Waals surface area contributed by atoms with Crippen molar-refractivity contribution in [3.8, 4) is 0 Å². The van der Waals surface area contributed by atoms with Crippen LogP contribution in [0.2, 0.25) is 0 Å². The molecule has 0 aromatic carbocycles. The van der Waals surface area contributed by atoms with Gasteiger partial charge in [0, 0.05) is 23.8 Å². The van der Waals surface area contributed by atoms with Crippen LogP contribution >= 0.6 is 0 Å². The minimum absolute atomic E-state index is 0.193. The van der Waals surface area contributed by atoms with E-state index < -0.39 is 11.9 Å². The van der Waals surface area contributed by atoms with Gasteiger partial charge in [-0.25, -0.2) is 19.6 Å². The van der Waals surface area contributed by atoms with Crippen LogP contribution in [0.1, 0.15) is 11.4 Å². The van der Waals surface area contributed by atoms with E-state index in [0.717, 1.165) is 11.4 Å². The van der Waals surface area contributed by atoms with Crippen molar-refractivity contribution in [2.75, 3.05) is 11.0 Å². The number of nitrogens with zero attached hydrogens (tertiary/aromatic N) is 2. The number of aryl methyl sites for hydroxylation is 2. The first-order valence-corrected chi connectivity index (χ1v) is 5.52. The van der Waals surface area contributed by atoms with Gasteiger partial charge in [0.2, 0.25) is 11.9 Å². The zero-order valence-electron chi connectivity index (χ0n) is 10.7. The highest BCUT2D eigenvalue weighted by Gasteiger charge is 2.19. The van der Waals surface area contributed by atoms with Crippen molar-refractivity contribution in [2.45, 2.75) is 13.8 Å². The van der Waals surface area contributed by atoms with Crippen LogP contribution in [0.4, 0.5) is 11.9 Å². The van der Waals surface area contributed by atoms with Gasteiger partial charge in [0.25, 0.3) is 0 Å². The van der Waals surface area contributed by atoms with Crippen LogP contribution in [-0.4, -0.2) is 31.9 Å². The van der Waals surface area contributed by atoms with Gasteiger partial charge in [-0.2, -0.15) is 11.0 Å². The summed E-state index contributed by atoms with van der Waals surface area (Å²) in [5, 5.41) is 0. The average Bonchev–Trinajstić information content (AvgIpc) is 3.02. The minimum Gasteiger partial charge on any atom is -0.330 e. The van der Waals surface area contributed by atoms with E-state index in [1.54, 1.807) is 13.8 Å². The lowest BCUT2D eigenvalue weighted by molar-refractivity contribution is -0.164. The topological polar surface area (TPSA) is 134 Å². The maximum atomic E-state index is 11.3. The standard InChI is InChI=1S/C10H12N6O4/c1-5-3-11-9(13-5)15-19-7(17)8(18)20-16-10-12-4-6(2)14-10/h3-4H,1-2H3,(H2,11,13,15)(H2,12,14,16). The Morgan fingerprint density at radius 2 is 1.35 bits per heavy atom. The molecule has 0 radical (unpaired) electrons. The van der Waals surface area contributed by atoms with Crippen molar-refractivity contribution < 1.29 is 19.3 Å². The fourth-order valence-corrected chi connectivity index (χ4v) is 1.20. The summed E-state index contributed by atoms with van der Waals surface area (Å²) in [6, 6.07) is 0. The number of hydrogen-bond donors (Lipinski definition) is 4. The van der Waals surface area contributed by atoms with Crippen molar-refractivity contribution >= 4 is 23.8 Å². The molecule has 20 heavy (non-hydrogen) atoms. The van der Waals surface area contributed by atoms with Crippen molar-refractivity contribution in [2.24, 2.45) is 0 Å². The lowest BCUT2D eigenvalue weighted by atomic mass is 10.6. The molecule has 2 heterocycles. The third-order valence-corrected chi connectivity index (χ3v) is 2.05. The minimum atomic E-state index is -1.24. The molecule has 2 aromatic heterocycles. The SMILES string of the molecule is Cc1cnc(NOC(=O)C(=O)ONc2ncc(C)[nH]2)[nH]1. The lowest BCUT2D eigenvalue weighted by Gasteiger charge is -2.04. The number of anilines is 2. The van der Waals surface area contributed by atoms with Crippen LogP contribution in [0.3, 0.4) is 0 Å². The summed E-state index contributed by atoms with van der Waals surface area (Å²) < 4.78 is 0. The molecule has 106 valence electrons. The van der Waals surface area contributed by atoms with E-state index >= 15 is 0 Å². The zero-order valence-corrected chi connectivity index (χ0v) is 10.7. The highest BCUT2D eigenvalue weighted by molar-refractivity contribution is 6.29. The maximum Gasteiger partial charge on any atom is 0.443 e. The predicted octanol–water partition coefficient (Wildman–Crippen LogP) is 0.190. The highest BCUT2D eigenvalue weighted by Crippen LogP contribution is 2.02. The summed E-state index contributed by atoms with van der Waals surface area (Å²) in [6.07, 6.45) is 3.05. The molecule has 0 aliphatic heterocycles. The third-order valence-electron chi connectivity index (χ3n) is 2.05. The molecule has 0 atom stereocenters. The van der Waals surface area contributed by atoms with Crippen LogP contribution < -0.4 is 11.0 Å². The molecule has 0 unspecified atom stereocenters. The van der Waals surface area contributed by atoms with Crippen molar-refractivity contribution in [3.05, 3.63) is 23.8 Å². The molecule has 4 N–H and O–H groups in total. The monoisotopic (exact) mass is 280 g/mol. The van der Waals surface area contributed by atoms with Crippen LogP contribution in [0.15, 0.2) is 12.4 Å². The number of imidazole rings is 2. The van der Waals surface area contributed by atoms with Gasteiger partial charge in [-0.15, -0.1) is 0 Å². The maximum absolute atomic E-state index is 11.3. The molecular formula is C10H12N6O4. The highest BCUT2D eigenvalue weighted by atomic mass is 16.7. The van der Waals surface area contributed by atoms with Crippen LogP contribution in [-0.2, 0) is 19.3 Å². The van der Waals surface area contributed by atoms with Crippen molar-refractivity contribution in [3.63, 3.8) is 0 Å². The second kappa shape index (κ2) is 5.73. The molecule has 0 amide bonds. The number of H-pyrrole nitrogens is 2. The fourth-order valence-electron chi connectivity index (χ4n) is 1.20. The van der Waals surface area contributed by atoms with Crippen molar-refractivity contribution in [1.29, 1.82) is 0 Å². The number of carbonyl (C=O) groups excluding carboxylic acids is 2. The predicted molar refractivity (Wildman–Crippen MR) is 66.1 cm³/mol. The first-order valence-electron chi connectivity index (χ1n) is 5.52. The molecule has 0 spiro atoms. The molecule has 2 aromatic rings. The van der Waals surface area contributed by atoms with Gasteiger partial charge in [-0.3, -0.25) is 0 Å². The molecule has 10 nitrogen and oxygen atoms in total. The Morgan fingerprint density at radius 3 is 1.65 bits per heavy atom. The van der Waals surface area contributed by atoms with Gasteiger partial charge in [-0.1, -0.05) is 0 Å². The second-order valence-corrected chi connectivity index (χ2v) is 3.81. The van der Waals surface area contributed by atoms with Crippen LogP contribution in [0.25, 0.3) is 0 Å². The summed E-state index contributed by atoms with van der Waals surface area (Å²) in [6.45, 7) is 3.53. The number of carbonyl (C=O) groups is 2. The quantitative estimate of drug-likeness (QED) is 0.460. The molecule has 0 saturated heterocycles. The first kappa shape index (κ1) is 13.4. The number of aromatic amines is 2. The third kappa shape index (κ3) is 3.48. The van der Waals surface area contributed by atoms with Gasteiger partial charge >= 0.3 is 11.9 Å². The summed E-state index contributed by atoms with van der Waals surface area (Å²) in [5.41, 5.74) is 5.89. The molecule has 10 heteroatoms.